The highest BCUT2D eigenvalue weighted by molar-refractivity contribution is 5.97. The number of carbonyl (C=O) groups is 2. The molecule has 6 nitrogen and oxygen atoms in total. The highest BCUT2D eigenvalue weighted by Gasteiger charge is 2.35. The summed E-state index contributed by atoms with van der Waals surface area (Å²) in [4.78, 5) is 37.9. The molecule has 6 heteroatoms. The van der Waals surface area contributed by atoms with Gasteiger partial charge in [-0.2, -0.15) is 0 Å². The lowest BCUT2D eigenvalue weighted by Crippen LogP contribution is -2.48. The van der Waals surface area contributed by atoms with Gasteiger partial charge in [-0.1, -0.05) is 13.8 Å². The quantitative estimate of drug-likeness (QED) is 0.898. The fourth-order valence-corrected chi connectivity index (χ4v) is 2.67. The van der Waals surface area contributed by atoms with Crippen LogP contribution in [0.1, 0.15) is 26.7 Å². The van der Waals surface area contributed by atoms with Crippen LogP contribution in [0.15, 0.2) is 23.1 Å². The van der Waals surface area contributed by atoms with Crippen LogP contribution in [0, 0.1) is 5.92 Å². The van der Waals surface area contributed by atoms with Gasteiger partial charge in [-0.05, 0) is 24.5 Å². The highest BCUT2D eigenvalue weighted by Crippen LogP contribution is 2.20. The second-order valence-corrected chi connectivity index (χ2v) is 5.71. The molecule has 2 rings (SSSR count). The van der Waals surface area contributed by atoms with Crippen molar-refractivity contribution in [2.24, 2.45) is 13.0 Å². The summed E-state index contributed by atoms with van der Waals surface area (Å²) >= 11 is 0. The van der Waals surface area contributed by atoms with Gasteiger partial charge in [0.1, 0.15) is 11.7 Å². The van der Waals surface area contributed by atoms with Gasteiger partial charge in [-0.25, -0.2) is 0 Å². The van der Waals surface area contributed by atoms with Gasteiger partial charge in [0.15, 0.2) is 0 Å². The smallest absolute Gasteiger partial charge is 0.274 e. The van der Waals surface area contributed by atoms with Gasteiger partial charge in [-0.3, -0.25) is 14.4 Å². The summed E-state index contributed by atoms with van der Waals surface area (Å²) < 4.78 is 1.40. The second-order valence-electron chi connectivity index (χ2n) is 5.71. The molecule has 0 aromatic carbocycles. The van der Waals surface area contributed by atoms with E-state index in [1.54, 1.807) is 30.3 Å². The zero-order valence-corrected chi connectivity index (χ0v) is 12.6. The summed E-state index contributed by atoms with van der Waals surface area (Å²) in [5.74, 6) is -0.312. The molecule has 1 aromatic heterocycles. The van der Waals surface area contributed by atoms with Crippen molar-refractivity contribution in [3.05, 3.63) is 28.7 Å². The predicted octanol–water partition coefficient (Wildman–Crippen LogP) is 0.971. The van der Waals surface area contributed by atoms with Crippen molar-refractivity contribution in [3.63, 3.8) is 0 Å². The Morgan fingerprint density at radius 2 is 2.05 bits per heavy atom. The number of hydrogen-bond donors (Lipinski definition) is 1. The predicted molar refractivity (Wildman–Crippen MR) is 79.9 cm³/mol. The van der Waals surface area contributed by atoms with Crippen LogP contribution in [0.25, 0.3) is 0 Å². The Bertz CT molecular complexity index is 606. The van der Waals surface area contributed by atoms with Gasteiger partial charge >= 0.3 is 0 Å². The van der Waals surface area contributed by atoms with Crippen LogP contribution in [0.2, 0.25) is 0 Å². The lowest BCUT2D eigenvalue weighted by Gasteiger charge is -2.29. The fraction of sp³-hybridized carbons (Fsp3) is 0.533. The maximum absolute atomic E-state index is 12.5. The molecule has 0 saturated carbocycles. The molecular weight excluding hydrogens is 270 g/mol. The fourth-order valence-electron chi connectivity index (χ4n) is 2.67. The number of hydrogen-bond acceptors (Lipinski definition) is 3. The van der Waals surface area contributed by atoms with Crippen LogP contribution < -0.4 is 10.9 Å². The molecule has 114 valence electrons. The number of nitrogens with zero attached hydrogens (tertiary/aromatic N) is 2. The Balaban J connectivity index is 2.21. The molecule has 1 aliphatic rings. The average Bonchev–Trinajstić information content (AvgIpc) is 2.81. The van der Waals surface area contributed by atoms with E-state index in [9.17, 15) is 14.4 Å². The first-order valence-electron chi connectivity index (χ1n) is 7.18. The molecule has 2 heterocycles. The third kappa shape index (κ3) is 3.15. The summed E-state index contributed by atoms with van der Waals surface area (Å²) in [6, 6.07) is 2.73. The van der Waals surface area contributed by atoms with E-state index in [1.165, 1.54) is 4.57 Å². The summed E-state index contributed by atoms with van der Waals surface area (Å²) in [5.41, 5.74) is -0.0246. The topological polar surface area (TPSA) is 71.4 Å². The van der Waals surface area contributed by atoms with Crippen molar-refractivity contribution >= 4 is 17.5 Å². The Hall–Kier alpha value is -2.11. The highest BCUT2D eigenvalue weighted by atomic mass is 16.2. The second kappa shape index (κ2) is 6.11. The maximum atomic E-state index is 12.5. The van der Waals surface area contributed by atoms with E-state index in [-0.39, 0.29) is 29.0 Å². The summed E-state index contributed by atoms with van der Waals surface area (Å²) in [5, 5.41) is 2.66. The molecule has 0 unspecified atom stereocenters. The van der Waals surface area contributed by atoms with Gasteiger partial charge in [0, 0.05) is 26.2 Å². The average molecular weight is 291 g/mol. The van der Waals surface area contributed by atoms with Gasteiger partial charge in [0.05, 0.1) is 0 Å². The lowest BCUT2D eigenvalue weighted by atomic mass is 10.0. The third-order valence-corrected chi connectivity index (χ3v) is 3.73. The van der Waals surface area contributed by atoms with Crippen molar-refractivity contribution < 1.29 is 9.59 Å². The molecule has 1 aliphatic heterocycles. The first kappa shape index (κ1) is 15.3. The molecule has 1 atom stereocenters. The largest absolute Gasteiger partial charge is 0.330 e. The number of likely N-dealkylation sites (tertiary alicyclic amines) is 1. The molecule has 21 heavy (non-hydrogen) atoms. The molecule has 1 N–H and O–H groups in total. The first-order valence-corrected chi connectivity index (χ1v) is 7.18. The standard InChI is InChI=1S/C15H21N3O3/c1-10(2)13(18-9-5-7-12(18)19)14(20)16-11-6-4-8-17(3)15(11)21/h4,6,8,10,13H,5,7,9H2,1-3H3,(H,16,20)/t13-/m1/s1. The van der Waals surface area contributed by atoms with Crippen LogP contribution in [-0.4, -0.2) is 33.9 Å². The number of aryl methyl sites for hydroxylation is 1. The summed E-state index contributed by atoms with van der Waals surface area (Å²) in [6.07, 6.45) is 2.90. The molecule has 0 radical (unpaired) electrons. The molecular formula is C15H21N3O3. The minimum atomic E-state index is -0.537. The molecule has 2 amide bonds. The monoisotopic (exact) mass is 291 g/mol. The number of carbonyl (C=O) groups excluding carboxylic acids is 2. The number of rotatable bonds is 4. The minimum absolute atomic E-state index is 0.00446. The number of nitrogens with one attached hydrogen (secondary N) is 1. The zero-order valence-electron chi connectivity index (χ0n) is 12.6. The molecule has 1 fully saturated rings. The maximum Gasteiger partial charge on any atom is 0.274 e. The number of anilines is 1. The summed E-state index contributed by atoms with van der Waals surface area (Å²) in [7, 11) is 1.63. The van der Waals surface area contributed by atoms with Crippen molar-refractivity contribution in [2.45, 2.75) is 32.7 Å². The lowest BCUT2D eigenvalue weighted by molar-refractivity contribution is -0.136. The van der Waals surface area contributed by atoms with E-state index >= 15 is 0 Å². The molecule has 0 bridgehead atoms. The van der Waals surface area contributed by atoms with Crippen LogP contribution in [0.3, 0.4) is 0 Å². The Kier molecular flexibility index (Phi) is 4.45. The van der Waals surface area contributed by atoms with Gasteiger partial charge in [0.25, 0.3) is 5.56 Å². The van der Waals surface area contributed by atoms with Crippen LogP contribution in [0.4, 0.5) is 5.69 Å². The van der Waals surface area contributed by atoms with Gasteiger partial charge in [-0.15, -0.1) is 0 Å². The molecule has 0 spiro atoms. The van der Waals surface area contributed by atoms with E-state index in [0.717, 1.165) is 6.42 Å². The molecule has 1 saturated heterocycles. The SMILES string of the molecule is CC(C)[C@H](C(=O)Nc1cccn(C)c1=O)N1CCCC1=O. The van der Waals surface area contributed by atoms with Gasteiger partial charge < -0.3 is 14.8 Å². The van der Waals surface area contributed by atoms with Gasteiger partial charge in [0.2, 0.25) is 11.8 Å². The Labute approximate surface area is 123 Å². The summed E-state index contributed by atoms with van der Waals surface area (Å²) in [6.45, 7) is 4.40. The van der Waals surface area contributed by atoms with Crippen molar-refractivity contribution in [3.8, 4) is 0 Å². The van der Waals surface area contributed by atoms with E-state index in [2.05, 4.69) is 5.32 Å². The van der Waals surface area contributed by atoms with E-state index < -0.39 is 6.04 Å². The van der Waals surface area contributed by atoms with Crippen LogP contribution in [0.5, 0.6) is 0 Å². The van der Waals surface area contributed by atoms with E-state index in [1.807, 2.05) is 13.8 Å². The van der Waals surface area contributed by atoms with E-state index in [4.69, 9.17) is 0 Å². The number of amides is 2. The number of pyridine rings is 1. The normalized spacial score (nSPS) is 16.4. The first-order chi connectivity index (χ1) is 9.91. The Morgan fingerprint density at radius 1 is 1.33 bits per heavy atom. The zero-order chi connectivity index (χ0) is 15.6. The minimum Gasteiger partial charge on any atom is -0.330 e. The van der Waals surface area contributed by atoms with Crippen LogP contribution in [-0.2, 0) is 16.6 Å². The van der Waals surface area contributed by atoms with Crippen molar-refractivity contribution in [1.29, 1.82) is 0 Å². The Morgan fingerprint density at radius 3 is 2.62 bits per heavy atom. The van der Waals surface area contributed by atoms with Crippen LogP contribution >= 0.6 is 0 Å². The number of aromatic nitrogens is 1. The third-order valence-electron chi connectivity index (χ3n) is 3.73. The molecule has 0 aliphatic carbocycles. The molecule has 1 aromatic rings. The van der Waals surface area contributed by atoms with Crippen molar-refractivity contribution in [1.82, 2.24) is 9.47 Å². The van der Waals surface area contributed by atoms with Crippen molar-refractivity contribution in [2.75, 3.05) is 11.9 Å². The van der Waals surface area contributed by atoms with E-state index in [0.29, 0.717) is 13.0 Å².